The van der Waals surface area contributed by atoms with E-state index in [1.165, 1.54) is 0 Å². The van der Waals surface area contributed by atoms with E-state index in [0.717, 1.165) is 18.4 Å². The van der Waals surface area contributed by atoms with E-state index in [1.54, 1.807) is 6.07 Å². The summed E-state index contributed by atoms with van der Waals surface area (Å²) in [6.45, 7) is 3.92. The Balaban J connectivity index is 3.03. The third kappa shape index (κ3) is 2.13. The molecule has 0 aliphatic carbocycles. The summed E-state index contributed by atoms with van der Waals surface area (Å²) in [5.41, 5.74) is 1.30. The van der Waals surface area contributed by atoms with Crippen LogP contribution in [0.3, 0.4) is 0 Å². The molecule has 1 aromatic carbocycles. The van der Waals surface area contributed by atoms with Crippen molar-refractivity contribution in [2.45, 2.75) is 33.1 Å². The van der Waals surface area contributed by atoms with Gasteiger partial charge in [0.1, 0.15) is 5.75 Å². The molecule has 0 aliphatic rings. The van der Waals surface area contributed by atoms with Crippen molar-refractivity contribution >= 4 is 5.78 Å². The number of carbonyl (C=O) groups excluding carboxylic acids is 1. The fourth-order valence-corrected chi connectivity index (χ4v) is 1.46. The van der Waals surface area contributed by atoms with Gasteiger partial charge in [-0.1, -0.05) is 26.0 Å². The number of hydrogen-bond acceptors (Lipinski definition) is 2. The van der Waals surface area contributed by atoms with Crippen molar-refractivity contribution < 1.29 is 9.90 Å². The lowest BCUT2D eigenvalue weighted by atomic mass is 10.0. The second kappa shape index (κ2) is 4.80. The maximum Gasteiger partial charge on any atom is 0.166 e. The molecule has 0 spiro atoms. The zero-order valence-electron chi connectivity index (χ0n) is 8.71. The predicted molar refractivity (Wildman–Crippen MR) is 56.7 cm³/mol. The van der Waals surface area contributed by atoms with Crippen LogP contribution in [0.4, 0.5) is 0 Å². The van der Waals surface area contributed by atoms with Gasteiger partial charge in [-0.15, -0.1) is 0 Å². The number of Topliss-reactive ketones (excluding diaryl/α,β-unsaturated/α-hetero) is 1. The van der Waals surface area contributed by atoms with E-state index in [2.05, 4.69) is 0 Å². The summed E-state index contributed by atoms with van der Waals surface area (Å²) < 4.78 is 0. The van der Waals surface area contributed by atoms with Crippen LogP contribution in [0.1, 0.15) is 42.6 Å². The maximum atomic E-state index is 11.6. The first-order chi connectivity index (χ1) is 6.70. The summed E-state index contributed by atoms with van der Waals surface area (Å²) in [7, 11) is 0. The van der Waals surface area contributed by atoms with Crippen LogP contribution in [-0.2, 0) is 6.42 Å². The highest BCUT2D eigenvalue weighted by Crippen LogP contribution is 2.24. The molecule has 0 aliphatic heterocycles. The topological polar surface area (TPSA) is 37.3 Å². The number of hydrogen-bond donors (Lipinski definition) is 1. The number of rotatable bonds is 4. The molecule has 0 unspecified atom stereocenters. The number of aromatic hydroxyl groups is 1. The van der Waals surface area contributed by atoms with E-state index in [-0.39, 0.29) is 11.5 Å². The van der Waals surface area contributed by atoms with Gasteiger partial charge >= 0.3 is 0 Å². The molecule has 0 atom stereocenters. The molecule has 0 fully saturated rings. The van der Waals surface area contributed by atoms with Crippen LogP contribution < -0.4 is 0 Å². The van der Waals surface area contributed by atoms with E-state index >= 15 is 0 Å². The Kier molecular flexibility index (Phi) is 3.69. The quantitative estimate of drug-likeness (QED) is 0.745. The summed E-state index contributed by atoms with van der Waals surface area (Å²) in [5, 5.41) is 9.77. The van der Waals surface area contributed by atoms with Gasteiger partial charge in [0.05, 0.1) is 5.56 Å². The highest BCUT2D eigenvalue weighted by Gasteiger charge is 2.11. The van der Waals surface area contributed by atoms with Gasteiger partial charge in [0.25, 0.3) is 0 Å². The zero-order valence-corrected chi connectivity index (χ0v) is 8.71. The third-order valence-electron chi connectivity index (χ3n) is 2.28. The summed E-state index contributed by atoms with van der Waals surface area (Å²) >= 11 is 0. The molecule has 0 saturated carbocycles. The summed E-state index contributed by atoms with van der Waals surface area (Å²) in [4.78, 5) is 11.6. The Morgan fingerprint density at radius 2 is 2.07 bits per heavy atom. The Bertz CT molecular complexity index is 329. The van der Waals surface area contributed by atoms with Crippen molar-refractivity contribution in [2.75, 3.05) is 0 Å². The standard InChI is InChI=1S/C12H16O2/c1-3-6-11(13)10-8-5-7-9(4-2)12(10)14/h5,7-8,14H,3-4,6H2,1-2H3. The maximum absolute atomic E-state index is 11.6. The van der Waals surface area contributed by atoms with Crippen molar-refractivity contribution in [3.63, 3.8) is 0 Å². The van der Waals surface area contributed by atoms with E-state index in [4.69, 9.17) is 0 Å². The van der Waals surface area contributed by atoms with Gasteiger partial charge in [-0.3, -0.25) is 4.79 Å². The van der Waals surface area contributed by atoms with E-state index in [9.17, 15) is 9.90 Å². The lowest BCUT2D eigenvalue weighted by Gasteiger charge is -2.06. The summed E-state index contributed by atoms with van der Waals surface area (Å²) in [5.74, 6) is 0.189. The molecule has 0 heterocycles. The normalized spacial score (nSPS) is 10.1. The molecule has 2 nitrogen and oxygen atoms in total. The monoisotopic (exact) mass is 192 g/mol. The average molecular weight is 192 g/mol. The fraction of sp³-hybridized carbons (Fsp3) is 0.417. The summed E-state index contributed by atoms with van der Waals surface area (Å²) in [6.07, 6.45) is 2.06. The average Bonchev–Trinajstić information content (AvgIpc) is 2.18. The van der Waals surface area contributed by atoms with Gasteiger partial charge in [0.2, 0.25) is 0 Å². The number of phenolic OH excluding ortho intramolecular Hbond substituents is 1. The van der Waals surface area contributed by atoms with Crippen molar-refractivity contribution in [1.29, 1.82) is 0 Å². The molecule has 1 N–H and O–H groups in total. The number of phenols is 1. The highest BCUT2D eigenvalue weighted by atomic mass is 16.3. The smallest absolute Gasteiger partial charge is 0.166 e. The van der Waals surface area contributed by atoms with Crippen LogP contribution in [-0.4, -0.2) is 10.9 Å². The molecule has 1 rings (SSSR count). The molecule has 0 amide bonds. The van der Waals surface area contributed by atoms with Crippen molar-refractivity contribution in [3.8, 4) is 5.75 Å². The highest BCUT2D eigenvalue weighted by molar-refractivity contribution is 5.98. The van der Waals surface area contributed by atoms with Crippen LogP contribution in [0.25, 0.3) is 0 Å². The van der Waals surface area contributed by atoms with Crippen molar-refractivity contribution in [1.82, 2.24) is 0 Å². The van der Waals surface area contributed by atoms with Crippen LogP contribution in [0.5, 0.6) is 5.75 Å². The number of aryl methyl sites for hydroxylation is 1. The Morgan fingerprint density at radius 1 is 1.36 bits per heavy atom. The SMILES string of the molecule is CCCC(=O)c1cccc(CC)c1O. The minimum atomic E-state index is 0.0281. The van der Waals surface area contributed by atoms with Gasteiger partial charge in [-0.2, -0.15) is 0 Å². The van der Waals surface area contributed by atoms with E-state index < -0.39 is 0 Å². The summed E-state index contributed by atoms with van der Waals surface area (Å²) in [6, 6.07) is 5.35. The van der Waals surface area contributed by atoms with Gasteiger partial charge < -0.3 is 5.11 Å². The number of ketones is 1. The first kappa shape index (κ1) is 10.8. The van der Waals surface area contributed by atoms with Gasteiger partial charge in [-0.05, 0) is 24.5 Å². The first-order valence-corrected chi connectivity index (χ1v) is 5.04. The minimum Gasteiger partial charge on any atom is -0.507 e. The van der Waals surface area contributed by atoms with Gasteiger partial charge in [-0.25, -0.2) is 0 Å². The lowest BCUT2D eigenvalue weighted by Crippen LogP contribution is -2.00. The fourth-order valence-electron chi connectivity index (χ4n) is 1.46. The predicted octanol–water partition coefficient (Wildman–Crippen LogP) is 2.94. The van der Waals surface area contributed by atoms with Crippen molar-refractivity contribution in [2.24, 2.45) is 0 Å². The Hall–Kier alpha value is -1.31. The number of carbonyl (C=O) groups is 1. The molecule has 1 aromatic rings. The molecule has 0 radical (unpaired) electrons. The molecule has 0 aromatic heterocycles. The molecule has 0 saturated heterocycles. The first-order valence-electron chi connectivity index (χ1n) is 5.04. The van der Waals surface area contributed by atoms with Gasteiger partial charge in [0, 0.05) is 6.42 Å². The van der Waals surface area contributed by atoms with Crippen molar-refractivity contribution in [3.05, 3.63) is 29.3 Å². The molecule has 0 bridgehead atoms. The third-order valence-corrected chi connectivity index (χ3v) is 2.28. The molecule has 76 valence electrons. The number of benzene rings is 1. The molecular formula is C12H16O2. The largest absolute Gasteiger partial charge is 0.507 e. The lowest BCUT2D eigenvalue weighted by molar-refractivity contribution is 0.0979. The van der Waals surface area contributed by atoms with Gasteiger partial charge in [0.15, 0.2) is 5.78 Å². The van der Waals surface area contributed by atoms with Crippen LogP contribution in [0, 0.1) is 0 Å². The Morgan fingerprint density at radius 3 is 2.64 bits per heavy atom. The van der Waals surface area contributed by atoms with Crippen LogP contribution in [0.15, 0.2) is 18.2 Å². The Labute approximate surface area is 84.6 Å². The van der Waals surface area contributed by atoms with Crippen LogP contribution in [0.2, 0.25) is 0 Å². The number of para-hydroxylation sites is 1. The minimum absolute atomic E-state index is 0.0281. The second-order valence-electron chi connectivity index (χ2n) is 3.34. The zero-order chi connectivity index (χ0) is 10.6. The van der Waals surface area contributed by atoms with Crippen LogP contribution >= 0.6 is 0 Å². The molecular weight excluding hydrogens is 176 g/mol. The van der Waals surface area contributed by atoms with E-state index in [1.807, 2.05) is 26.0 Å². The molecule has 2 heteroatoms. The second-order valence-corrected chi connectivity index (χ2v) is 3.34. The molecule has 14 heavy (non-hydrogen) atoms. The van der Waals surface area contributed by atoms with E-state index in [0.29, 0.717) is 12.0 Å².